The maximum atomic E-state index is 12.8. The Morgan fingerprint density at radius 3 is 1.04 bits per heavy atom. The van der Waals surface area contributed by atoms with E-state index >= 15 is 0 Å². The first-order chi connectivity index (χ1) is 38.8. The van der Waals surface area contributed by atoms with Crippen molar-refractivity contribution in [2.24, 2.45) is 5.73 Å². The van der Waals surface area contributed by atoms with E-state index in [4.69, 9.17) is 24.3 Å². The molecule has 0 radical (unpaired) electrons. The molecule has 0 spiro atoms. The molecule has 2 unspecified atom stereocenters. The zero-order chi connectivity index (χ0) is 57.3. The molecular formula is C69H128NO8P. The molecule has 0 aliphatic rings. The molecule has 3 N–H and O–H groups in total. The van der Waals surface area contributed by atoms with Gasteiger partial charge < -0.3 is 20.1 Å². The molecule has 10 heteroatoms. The second-order valence-corrected chi connectivity index (χ2v) is 24.1. The summed E-state index contributed by atoms with van der Waals surface area (Å²) in [7, 11) is -4.39. The van der Waals surface area contributed by atoms with Crippen molar-refractivity contribution in [2.75, 3.05) is 26.4 Å². The van der Waals surface area contributed by atoms with Crippen molar-refractivity contribution < 1.29 is 37.6 Å². The van der Waals surface area contributed by atoms with Crippen molar-refractivity contribution in [3.05, 3.63) is 60.8 Å². The second kappa shape index (κ2) is 64.9. The van der Waals surface area contributed by atoms with Crippen molar-refractivity contribution in [3.8, 4) is 0 Å². The Kier molecular flexibility index (Phi) is 63.0. The maximum Gasteiger partial charge on any atom is 0.472 e. The van der Waals surface area contributed by atoms with Crippen LogP contribution in [0.2, 0.25) is 0 Å². The van der Waals surface area contributed by atoms with Gasteiger partial charge in [-0.05, 0) is 57.8 Å². The minimum Gasteiger partial charge on any atom is -0.462 e. The van der Waals surface area contributed by atoms with Crippen LogP contribution in [0.25, 0.3) is 0 Å². The highest BCUT2D eigenvalue weighted by molar-refractivity contribution is 7.47. The molecule has 0 saturated heterocycles. The van der Waals surface area contributed by atoms with E-state index in [1.54, 1.807) is 0 Å². The molecule has 0 aliphatic heterocycles. The van der Waals surface area contributed by atoms with Crippen LogP contribution in [0.3, 0.4) is 0 Å². The van der Waals surface area contributed by atoms with Crippen molar-refractivity contribution >= 4 is 19.8 Å². The molecule has 0 amide bonds. The summed E-state index contributed by atoms with van der Waals surface area (Å²) < 4.78 is 33.2. The Bertz CT molecular complexity index is 1480. The molecule has 0 aromatic rings. The molecule has 0 aliphatic carbocycles. The summed E-state index contributed by atoms with van der Waals surface area (Å²) in [6.07, 6.45) is 83.1. The summed E-state index contributed by atoms with van der Waals surface area (Å²) in [6.45, 7) is 3.69. The van der Waals surface area contributed by atoms with Crippen molar-refractivity contribution in [3.63, 3.8) is 0 Å². The van der Waals surface area contributed by atoms with E-state index in [0.717, 1.165) is 70.6 Å². The van der Waals surface area contributed by atoms with Crippen LogP contribution in [0.15, 0.2) is 60.8 Å². The van der Waals surface area contributed by atoms with Gasteiger partial charge >= 0.3 is 19.8 Å². The minimum atomic E-state index is -4.39. The lowest BCUT2D eigenvalue weighted by molar-refractivity contribution is -0.161. The summed E-state index contributed by atoms with van der Waals surface area (Å²) in [5, 5.41) is 0. The first-order valence-electron chi connectivity index (χ1n) is 33.8. The molecule has 0 rings (SSSR count). The molecule has 0 bridgehead atoms. The third-order valence-electron chi connectivity index (χ3n) is 14.9. The van der Waals surface area contributed by atoms with Gasteiger partial charge in [0.1, 0.15) is 6.61 Å². The maximum absolute atomic E-state index is 12.8. The molecule has 2 atom stereocenters. The van der Waals surface area contributed by atoms with E-state index in [9.17, 15) is 19.0 Å². The third-order valence-corrected chi connectivity index (χ3v) is 15.9. The highest BCUT2D eigenvalue weighted by Crippen LogP contribution is 2.43. The predicted octanol–water partition coefficient (Wildman–Crippen LogP) is 21.9. The lowest BCUT2D eigenvalue weighted by Gasteiger charge is -2.19. The molecule has 79 heavy (non-hydrogen) atoms. The number of rotatable bonds is 64. The smallest absolute Gasteiger partial charge is 0.462 e. The molecular weight excluding hydrogens is 1000 g/mol. The number of nitrogens with two attached hydrogens (primary N) is 1. The van der Waals surface area contributed by atoms with Gasteiger partial charge in [0.25, 0.3) is 0 Å². The fraction of sp³-hybridized carbons (Fsp3) is 0.826. The Hall–Kier alpha value is -2.29. The van der Waals surface area contributed by atoms with Crippen LogP contribution in [0.5, 0.6) is 0 Å². The number of unbranched alkanes of at least 4 members (excludes halogenated alkanes) is 41. The fourth-order valence-electron chi connectivity index (χ4n) is 9.96. The number of carbonyl (C=O) groups is 2. The number of allylic oxidation sites excluding steroid dienone is 10. The van der Waals surface area contributed by atoms with E-state index < -0.39 is 26.5 Å². The summed E-state index contributed by atoms with van der Waals surface area (Å²) >= 11 is 0. The lowest BCUT2D eigenvalue weighted by atomic mass is 10.0. The van der Waals surface area contributed by atoms with Crippen molar-refractivity contribution in [1.29, 1.82) is 0 Å². The van der Waals surface area contributed by atoms with Gasteiger partial charge in [-0.25, -0.2) is 4.57 Å². The zero-order valence-corrected chi connectivity index (χ0v) is 52.8. The van der Waals surface area contributed by atoms with Crippen LogP contribution < -0.4 is 5.73 Å². The van der Waals surface area contributed by atoms with Gasteiger partial charge in [0.15, 0.2) is 6.10 Å². The Morgan fingerprint density at radius 1 is 0.392 bits per heavy atom. The third kappa shape index (κ3) is 64.7. The van der Waals surface area contributed by atoms with E-state index in [1.807, 2.05) is 0 Å². The van der Waals surface area contributed by atoms with Gasteiger partial charge in [-0.1, -0.05) is 325 Å². The number of hydrogen-bond acceptors (Lipinski definition) is 8. The molecule has 0 fully saturated rings. The van der Waals surface area contributed by atoms with Gasteiger partial charge in [-0.2, -0.15) is 0 Å². The van der Waals surface area contributed by atoms with E-state index in [1.165, 1.54) is 231 Å². The first kappa shape index (κ1) is 76.7. The molecule has 0 heterocycles. The standard InChI is InChI=1S/C69H128NO8P/c1-3-5-7-9-11-13-15-17-19-21-23-25-27-29-30-31-32-33-34-35-36-38-40-42-44-46-48-50-52-54-56-58-60-62-69(72)78-67(66-77-79(73,74)76-64-63-70)65-75-68(71)61-59-57-55-53-51-49-47-45-43-41-39-37-28-26-24-22-20-18-16-14-12-10-8-6-4-2/h5,7,11,13,17,19,23,25,29-30,67H,3-4,6,8-10,12,14-16,18,20-22,24,26-28,31-66,70H2,1-2H3,(H,73,74)/b7-5-,13-11-,19-17-,25-23-,30-29-. The van der Waals surface area contributed by atoms with Gasteiger partial charge in [-0.15, -0.1) is 0 Å². The van der Waals surface area contributed by atoms with Gasteiger partial charge in [0, 0.05) is 19.4 Å². The summed E-state index contributed by atoms with van der Waals surface area (Å²) in [4.78, 5) is 35.3. The van der Waals surface area contributed by atoms with Crippen molar-refractivity contribution in [1.82, 2.24) is 0 Å². The second-order valence-electron chi connectivity index (χ2n) is 22.7. The SMILES string of the molecule is CC/C=C\C/C=C\C/C=C\C/C=C\C/C=C\CCCCCCCCCCCCCCCCCCCC(=O)OC(COC(=O)CCCCCCCCCCCCCCCCCCCCCCCCCCC)COP(=O)(O)OCCN. The number of ether oxygens (including phenoxy) is 2. The highest BCUT2D eigenvalue weighted by atomic mass is 31.2. The van der Waals surface area contributed by atoms with E-state index in [-0.39, 0.29) is 38.6 Å². The number of esters is 2. The van der Waals surface area contributed by atoms with E-state index in [2.05, 4.69) is 74.6 Å². The number of phosphoric ester groups is 1. The predicted molar refractivity (Wildman–Crippen MR) is 340 cm³/mol. The van der Waals surface area contributed by atoms with Crippen molar-refractivity contribution in [2.45, 2.75) is 341 Å². The number of carbonyl (C=O) groups excluding carboxylic acids is 2. The monoisotopic (exact) mass is 1130 g/mol. The topological polar surface area (TPSA) is 134 Å². The van der Waals surface area contributed by atoms with Crippen LogP contribution in [0.4, 0.5) is 0 Å². The van der Waals surface area contributed by atoms with Crippen LogP contribution in [-0.4, -0.2) is 49.3 Å². The molecule has 0 saturated carbocycles. The summed E-state index contributed by atoms with van der Waals surface area (Å²) in [5.74, 6) is -0.809. The van der Waals surface area contributed by atoms with Crippen LogP contribution in [0, 0.1) is 0 Å². The van der Waals surface area contributed by atoms with E-state index in [0.29, 0.717) is 6.42 Å². The fourth-order valence-corrected chi connectivity index (χ4v) is 10.7. The number of phosphoric acid groups is 1. The van der Waals surface area contributed by atoms with Crippen LogP contribution >= 0.6 is 7.82 Å². The molecule has 462 valence electrons. The molecule has 0 aromatic heterocycles. The summed E-state index contributed by atoms with van der Waals surface area (Å²) in [6, 6.07) is 0. The largest absolute Gasteiger partial charge is 0.472 e. The molecule has 9 nitrogen and oxygen atoms in total. The molecule has 0 aromatic carbocycles. The zero-order valence-electron chi connectivity index (χ0n) is 51.9. The van der Waals surface area contributed by atoms with Gasteiger partial charge in [0.2, 0.25) is 0 Å². The number of hydrogen-bond donors (Lipinski definition) is 2. The quantitative estimate of drug-likeness (QED) is 0.0264. The van der Waals surface area contributed by atoms with Gasteiger partial charge in [-0.3, -0.25) is 18.6 Å². The average Bonchev–Trinajstić information content (AvgIpc) is 3.44. The first-order valence-corrected chi connectivity index (χ1v) is 35.3. The highest BCUT2D eigenvalue weighted by Gasteiger charge is 2.26. The van der Waals surface area contributed by atoms with Crippen LogP contribution in [-0.2, 0) is 32.7 Å². The Labute approximate surface area is 489 Å². The normalized spacial score (nSPS) is 13.3. The van der Waals surface area contributed by atoms with Gasteiger partial charge in [0.05, 0.1) is 13.2 Å². The minimum absolute atomic E-state index is 0.0547. The lowest BCUT2D eigenvalue weighted by Crippen LogP contribution is -2.29. The van der Waals surface area contributed by atoms with Crippen LogP contribution in [0.1, 0.15) is 335 Å². The Morgan fingerprint density at radius 2 is 0.696 bits per heavy atom. The average molecular weight is 1130 g/mol. The summed E-state index contributed by atoms with van der Waals surface area (Å²) in [5.41, 5.74) is 5.40. The Balaban J connectivity index is 3.85.